The second-order valence-electron chi connectivity index (χ2n) is 6.70. The first-order chi connectivity index (χ1) is 14.5. The van der Waals surface area contributed by atoms with Crippen LogP contribution in [0.5, 0.6) is 0 Å². The van der Waals surface area contributed by atoms with Crippen LogP contribution >= 0.6 is 23.4 Å². The highest BCUT2D eigenvalue weighted by Gasteiger charge is 2.17. The minimum Gasteiger partial charge on any atom is -0.270 e. The quantitative estimate of drug-likeness (QED) is 0.207. The maximum absolute atomic E-state index is 10.8. The van der Waals surface area contributed by atoms with E-state index in [1.165, 1.54) is 23.9 Å². The van der Waals surface area contributed by atoms with E-state index in [0.29, 0.717) is 10.8 Å². The Balaban J connectivity index is 1.69. The number of aryl methyl sites for hydroxylation is 1. The number of nitro benzene ring substituents is 1. The van der Waals surface area contributed by atoms with Crippen molar-refractivity contribution in [1.29, 1.82) is 0 Å². The molecule has 0 saturated heterocycles. The molecule has 0 N–H and O–H groups in total. The van der Waals surface area contributed by atoms with E-state index in [-0.39, 0.29) is 5.69 Å². The maximum atomic E-state index is 10.8. The van der Waals surface area contributed by atoms with Crippen molar-refractivity contribution < 1.29 is 4.92 Å². The van der Waals surface area contributed by atoms with Crippen LogP contribution in [-0.2, 0) is 5.75 Å². The van der Waals surface area contributed by atoms with Crippen LogP contribution in [0.2, 0.25) is 5.02 Å². The van der Waals surface area contributed by atoms with Gasteiger partial charge in [-0.25, -0.2) is 0 Å². The summed E-state index contributed by atoms with van der Waals surface area (Å²) in [6.07, 6.45) is 0. The predicted octanol–water partition coefficient (Wildman–Crippen LogP) is 6.10. The number of halogens is 1. The largest absolute Gasteiger partial charge is 0.270 e. The average molecular weight is 437 g/mol. The summed E-state index contributed by atoms with van der Waals surface area (Å²) in [7, 11) is 0. The van der Waals surface area contributed by atoms with Crippen LogP contribution in [0.1, 0.15) is 11.1 Å². The molecule has 6 nitrogen and oxygen atoms in total. The third kappa shape index (κ3) is 4.37. The van der Waals surface area contributed by atoms with Crippen molar-refractivity contribution in [2.75, 3.05) is 0 Å². The molecule has 30 heavy (non-hydrogen) atoms. The van der Waals surface area contributed by atoms with E-state index in [1.54, 1.807) is 12.1 Å². The Morgan fingerprint density at radius 3 is 2.43 bits per heavy atom. The lowest BCUT2D eigenvalue weighted by molar-refractivity contribution is -0.384. The zero-order chi connectivity index (χ0) is 21.1. The van der Waals surface area contributed by atoms with E-state index < -0.39 is 4.92 Å². The van der Waals surface area contributed by atoms with Crippen molar-refractivity contribution in [2.24, 2.45) is 0 Å². The van der Waals surface area contributed by atoms with Gasteiger partial charge < -0.3 is 0 Å². The van der Waals surface area contributed by atoms with Crippen molar-refractivity contribution in [3.05, 3.63) is 99.1 Å². The smallest absolute Gasteiger partial charge is 0.269 e. The number of hydrogen-bond donors (Lipinski definition) is 0. The minimum absolute atomic E-state index is 0.0785. The monoisotopic (exact) mass is 436 g/mol. The van der Waals surface area contributed by atoms with E-state index in [2.05, 4.69) is 16.3 Å². The minimum atomic E-state index is -0.401. The molecule has 4 rings (SSSR count). The van der Waals surface area contributed by atoms with Gasteiger partial charge in [0.2, 0.25) is 0 Å². The molecular formula is C22H17ClN4O2S. The fourth-order valence-electron chi connectivity index (χ4n) is 3.02. The molecule has 1 aromatic heterocycles. The molecule has 0 atom stereocenters. The molecule has 0 saturated carbocycles. The Morgan fingerprint density at radius 2 is 1.77 bits per heavy atom. The van der Waals surface area contributed by atoms with Crippen molar-refractivity contribution >= 4 is 29.1 Å². The average Bonchev–Trinajstić information content (AvgIpc) is 3.17. The van der Waals surface area contributed by atoms with Crippen LogP contribution in [0.15, 0.2) is 78.0 Å². The molecule has 3 aromatic carbocycles. The van der Waals surface area contributed by atoms with E-state index in [9.17, 15) is 10.1 Å². The van der Waals surface area contributed by atoms with Crippen LogP contribution < -0.4 is 0 Å². The Morgan fingerprint density at radius 1 is 1.03 bits per heavy atom. The summed E-state index contributed by atoms with van der Waals surface area (Å²) in [4.78, 5) is 10.4. The van der Waals surface area contributed by atoms with Gasteiger partial charge in [-0.1, -0.05) is 59.3 Å². The van der Waals surface area contributed by atoms with E-state index >= 15 is 0 Å². The van der Waals surface area contributed by atoms with Gasteiger partial charge in [0.15, 0.2) is 11.0 Å². The number of non-ortho nitro benzene ring substituents is 1. The van der Waals surface area contributed by atoms with Crippen molar-refractivity contribution in [1.82, 2.24) is 14.8 Å². The zero-order valence-corrected chi connectivity index (χ0v) is 17.6. The van der Waals surface area contributed by atoms with Crippen LogP contribution in [0.3, 0.4) is 0 Å². The molecule has 4 aromatic rings. The third-order valence-electron chi connectivity index (χ3n) is 4.51. The van der Waals surface area contributed by atoms with Crippen LogP contribution in [-0.4, -0.2) is 19.7 Å². The lowest BCUT2D eigenvalue weighted by atomic mass is 10.1. The van der Waals surface area contributed by atoms with Gasteiger partial charge in [0.1, 0.15) is 0 Å². The number of nitro groups is 1. The molecule has 0 bridgehead atoms. The third-order valence-corrected chi connectivity index (χ3v) is 5.76. The number of rotatable bonds is 6. The first-order valence-electron chi connectivity index (χ1n) is 9.16. The topological polar surface area (TPSA) is 73.8 Å². The molecule has 150 valence electrons. The van der Waals surface area contributed by atoms with Crippen LogP contribution in [0.25, 0.3) is 17.1 Å². The molecule has 0 aliphatic rings. The number of benzene rings is 3. The molecule has 0 amide bonds. The van der Waals surface area contributed by atoms with Gasteiger partial charge in [-0.3, -0.25) is 14.7 Å². The summed E-state index contributed by atoms with van der Waals surface area (Å²) in [5, 5.41) is 21.1. The van der Waals surface area contributed by atoms with E-state index in [1.807, 2.05) is 54.0 Å². The molecule has 0 aliphatic heterocycles. The molecule has 1 heterocycles. The Hall–Kier alpha value is -3.16. The Labute approximate surface area is 182 Å². The number of aromatic nitrogens is 3. The molecular weight excluding hydrogens is 420 g/mol. The summed E-state index contributed by atoms with van der Waals surface area (Å²) in [6, 6.07) is 22.2. The standard InChI is InChI=1S/C22H17ClN4O2S/c1-15-3-2-4-17(13-15)21-24-25-22(26(21)19-11-7-18(23)8-12-19)30-14-16-5-9-20(10-6-16)27(28)29/h2-13H,14H2,1H3. The molecule has 0 unspecified atom stereocenters. The first-order valence-corrected chi connectivity index (χ1v) is 10.5. The summed E-state index contributed by atoms with van der Waals surface area (Å²) in [5.41, 5.74) is 4.06. The van der Waals surface area contributed by atoms with Crippen LogP contribution in [0.4, 0.5) is 5.69 Å². The summed E-state index contributed by atoms with van der Waals surface area (Å²) in [5.74, 6) is 1.35. The van der Waals surface area contributed by atoms with Crippen LogP contribution in [0, 0.1) is 17.0 Å². The highest BCUT2D eigenvalue weighted by molar-refractivity contribution is 7.98. The van der Waals surface area contributed by atoms with Gasteiger partial charge in [0, 0.05) is 34.2 Å². The molecule has 8 heteroatoms. The Bertz CT molecular complexity index is 1190. The molecule has 0 radical (unpaired) electrons. The maximum Gasteiger partial charge on any atom is 0.269 e. The van der Waals surface area contributed by atoms with Crippen molar-refractivity contribution in [2.45, 2.75) is 17.8 Å². The number of hydrogen-bond acceptors (Lipinski definition) is 5. The number of thioether (sulfide) groups is 1. The fraction of sp³-hybridized carbons (Fsp3) is 0.0909. The lowest BCUT2D eigenvalue weighted by Gasteiger charge is -2.11. The van der Waals surface area contributed by atoms with E-state index in [4.69, 9.17) is 11.6 Å². The van der Waals surface area contributed by atoms with E-state index in [0.717, 1.165) is 33.4 Å². The summed E-state index contributed by atoms with van der Waals surface area (Å²) in [6.45, 7) is 2.04. The SMILES string of the molecule is Cc1cccc(-c2nnc(SCc3ccc([N+](=O)[O-])cc3)n2-c2ccc(Cl)cc2)c1. The summed E-state index contributed by atoms with van der Waals surface area (Å²) < 4.78 is 2.00. The van der Waals surface area contributed by atoms with Gasteiger partial charge in [-0.05, 0) is 42.8 Å². The lowest BCUT2D eigenvalue weighted by Crippen LogP contribution is -2.00. The second-order valence-corrected chi connectivity index (χ2v) is 8.08. The van der Waals surface area contributed by atoms with Crippen molar-refractivity contribution in [3.8, 4) is 17.1 Å². The first kappa shape index (κ1) is 20.1. The molecule has 0 fully saturated rings. The number of nitrogens with zero attached hydrogens (tertiary/aromatic N) is 4. The molecule has 0 aliphatic carbocycles. The fourth-order valence-corrected chi connectivity index (χ4v) is 4.05. The van der Waals surface area contributed by atoms with Gasteiger partial charge in [-0.2, -0.15) is 0 Å². The highest BCUT2D eigenvalue weighted by Crippen LogP contribution is 2.31. The van der Waals surface area contributed by atoms with Crippen molar-refractivity contribution in [3.63, 3.8) is 0 Å². The van der Waals surface area contributed by atoms with Gasteiger partial charge in [0.05, 0.1) is 4.92 Å². The normalized spacial score (nSPS) is 10.9. The van der Waals surface area contributed by atoms with Gasteiger partial charge >= 0.3 is 0 Å². The second kappa shape index (κ2) is 8.69. The summed E-state index contributed by atoms with van der Waals surface area (Å²) >= 11 is 7.59. The predicted molar refractivity (Wildman–Crippen MR) is 119 cm³/mol. The van der Waals surface area contributed by atoms with Gasteiger partial charge in [-0.15, -0.1) is 10.2 Å². The highest BCUT2D eigenvalue weighted by atomic mass is 35.5. The Kier molecular flexibility index (Phi) is 5.83. The van der Waals surface area contributed by atoms with Gasteiger partial charge in [0.25, 0.3) is 5.69 Å². The zero-order valence-electron chi connectivity index (χ0n) is 16.0. The molecule has 0 spiro atoms.